The Morgan fingerprint density at radius 2 is 2.14 bits per heavy atom. The maximum Gasteiger partial charge on any atom is 0.303 e. The molecule has 0 amide bonds. The molecule has 1 aromatic heterocycles. The number of likely N-dealkylation sites (tertiary alicyclic amines) is 1. The number of hydrogen-bond donors (Lipinski definition) is 1. The number of ether oxygens (including phenoxy) is 1. The Hall–Kier alpha value is -3.21. The summed E-state index contributed by atoms with van der Waals surface area (Å²) in [4.78, 5) is 18.0. The predicted octanol–water partition coefficient (Wildman–Crippen LogP) is 6.43. The molecule has 2 heterocycles. The summed E-state index contributed by atoms with van der Waals surface area (Å²) in [6, 6.07) is 11.3. The zero-order valence-electron chi connectivity index (χ0n) is 20.6. The molecule has 3 atom stereocenters. The first-order valence-electron chi connectivity index (χ1n) is 12.3. The molecule has 0 saturated carbocycles. The highest BCUT2D eigenvalue weighted by Gasteiger charge is 2.33. The van der Waals surface area contributed by atoms with Crippen LogP contribution in [0.2, 0.25) is 5.02 Å². The summed E-state index contributed by atoms with van der Waals surface area (Å²) in [5.74, 6) is 5.04. The zero-order chi connectivity index (χ0) is 26.4. The van der Waals surface area contributed by atoms with Gasteiger partial charge in [-0.05, 0) is 86.2 Å². The highest BCUT2D eigenvalue weighted by molar-refractivity contribution is 6.30. The molecule has 0 radical (unpaired) electrons. The number of carbonyl (C=O) groups is 1. The van der Waals surface area contributed by atoms with Gasteiger partial charge in [-0.2, -0.15) is 0 Å². The first-order chi connectivity index (χ1) is 17.9. The number of nitrogens with zero attached hydrogens (tertiary/aromatic N) is 2. The minimum Gasteiger partial charge on any atom is -0.497 e. The molecule has 1 N–H and O–H groups in total. The van der Waals surface area contributed by atoms with E-state index in [4.69, 9.17) is 16.3 Å². The topological polar surface area (TPSA) is 62.7 Å². The van der Waals surface area contributed by atoms with E-state index in [1.165, 1.54) is 12.1 Å². The van der Waals surface area contributed by atoms with Gasteiger partial charge >= 0.3 is 5.97 Å². The Morgan fingerprint density at radius 3 is 2.89 bits per heavy atom. The molecular weight excluding hydrogens is 498 g/mol. The number of carboxylic acid groups (broad SMARTS) is 1. The third-order valence-electron chi connectivity index (χ3n) is 6.94. The number of carboxylic acids is 1. The van der Waals surface area contributed by atoms with Crippen LogP contribution in [0.1, 0.15) is 49.4 Å². The zero-order valence-corrected chi connectivity index (χ0v) is 21.3. The number of rotatable bonds is 8. The van der Waals surface area contributed by atoms with Crippen molar-refractivity contribution < 1.29 is 23.4 Å². The Labute approximate surface area is 220 Å². The van der Waals surface area contributed by atoms with Gasteiger partial charge in [0.1, 0.15) is 17.7 Å². The van der Waals surface area contributed by atoms with Gasteiger partial charge in [0.2, 0.25) is 0 Å². The lowest BCUT2D eigenvalue weighted by molar-refractivity contribution is -0.139. The summed E-state index contributed by atoms with van der Waals surface area (Å²) in [6.07, 6.45) is 2.67. The normalized spacial score (nSPS) is 18.7. The summed E-state index contributed by atoms with van der Waals surface area (Å²) < 4.78 is 35.1. The summed E-state index contributed by atoms with van der Waals surface area (Å²) in [7, 11) is 1.56. The largest absolute Gasteiger partial charge is 0.497 e. The molecule has 1 aliphatic heterocycles. The minimum atomic E-state index is -1.25. The summed E-state index contributed by atoms with van der Waals surface area (Å²) in [6.45, 7) is 1.07. The van der Waals surface area contributed by atoms with Gasteiger partial charge in [0.15, 0.2) is 0 Å². The molecule has 2 aromatic carbocycles. The maximum absolute atomic E-state index is 15.6. The second-order valence-corrected chi connectivity index (χ2v) is 9.73. The van der Waals surface area contributed by atoms with Gasteiger partial charge in [0.25, 0.3) is 0 Å². The molecular formula is C29H29ClF2N2O3. The summed E-state index contributed by atoms with van der Waals surface area (Å²) in [5.41, 5.74) is 1.48. The van der Waals surface area contributed by atoms with E-state index in [9.17, 15) is 14.3 Å². The molecule has 3 unspecified atom stereocenters. The first-order valence-corrected chi connectivity index (χ1v) is 12.7. The van der Waals surface area contributed by atoms with E-state index >= 15 is 4.39 Å². The highest BCUT2D eigenvalue weighted by atomic mass is 35.5. The van der Waals surface area contributed by atoms with E-state index in [-0.39, 0.29) is 30.4 Å². The first kappa shape index (κ1) is 26.8. The molecule has 0 bridgehead atoms. The van der Waals surface area contributed by atoms with Crippen LogP contribution >= 0.6 is 11.6 Å². The average Bonchev–Trinajstić information content (AvgIpc) is 2.88. The number of piperidine rings is 1. The van der Waals surface area contributed by atoms with E-state index < -0.39 is 18.0 Å². The monoisotopic (exact) mass is 526 g/mol. The van der Waals surface area contributed by atoms with Crippen molar-refractivity contribution >= 4 is 28.5 Å². The number of aliphatic carboxylic acids is 1. The van der Waals surface area contributed by atoms with Gasteiger partial charge in [-0.1, -0.05) is 23.4 Å². The van der Waals surface area contributed by atoms with Crippen molar-refractivity contribution in [3.8, 4) is 17.6 Å². The second-order valence-electron chi connectivity index (χ2n) is 9.29. The minimum absolute atomic E-state index is 0.0206. The van der Waals surface area contributed by atoms with Gasteiger partial charge in [-0.3, -0.25) is 14.7 Å². The van der Waals surface area contributed by atoms with Crippen LogP contribution in [-0.4, -0.2) is 47.2 Å². The number of fused-ring (bicyclic) bond motifs is 1. The van der Waals surface area contributed by atoms with E-state index in [0.29, 0.717) is 40.2 Å². The molecule has 5 nitrogen and oxygen atoms in total. The quantitative estimate of drug-likeness (QED) is 0.342. The lowest BCUT2D eigenvalue weighted by Gasteiger charge is -2.40. The van der Waals surface area contributed by atoms with Crippen LogP contribution in [0.15, 0.2) is 48.7 Å². The summed E-state index contributed by atoms with van der Waals surface area (Å²) in [5, 5.41) is 10.5. The number of halogens is 3. The van der Waals surface area contributed by atoms with E-state index in [2.05, 4.69) is 21.7 Å². The number of methoxy groups -OCH3 is 1. The number of aromatic nitrogens is 1. The van der Waals surface area contributed by atoms with Crippen LogP contribution < -0.4 is 4.74 Å². The standard InChI is InChI=1S/C29H29ClF2N2O3/c1-37-22-8-10-27-24(18-22)23(12-13-33-27)25(31)9-11-28-20(16-29(35)36)5-3-15-34(28)14-2-4-19-6-7-21(30)17-26(19)32/h6-8,10,12-13,17-18,20,25,28H,3,5,9,11,14-16H2,1H3,(H,35,36). The molecule has 37 heavy (non-hydrogen) atoms. The van der Waals surface area contributed by atoms with Gasteiger partial charge in [-0.15, -0.1) is 0 Å². The fraction of sp³-hybridized carbons (Fsp3) is 0.379. The van der Waals surface area contributed by atoms with Crippen LogP contribution in [-0.2, 0) is 4.79 Å². The van der Waals surface area contributed by atoms with Crippen molar-refractivity contribution in [3.63, 3.8) is 0 Å². The lowest BCUT2D eigenvalue weighted by Crippen LogP contribution is -2.46. The van der Waals surface area contributed by atoms with Crippen LogP contribution in [0, 0.1) is 23.6 Å². The number of benzene rings is 2. The van der Waals surface area contributed by atoms with Gasteiger partial charge in [0, 0.05) is 29.1 Å². The van der Waals surface area contributed by atoms with Gasteiger partial charge in [-0.25, -0.2) is 8.78 Å². The molecule has 1 saturated heterocycles. The highest BCUT2D eigenvalue weighted by Crippen LogP contribution is 2.35. The van der Waals surface area contributed by atoms with Crippen LogP contribution in [0.25, 0.3) is 10.9 Å². The molecule has 8 heteroatoms. The van der Waals surface area contributed by atoms with Gasteiger partial charge in [0.05, 0.1) is 24.7 Å². The number of hydrogen-bond acceptors (Lipinski definition) is 4. The van der Waals surface area contributed by atoms with Gasteiger partial charge < -0.3 is 9.84 Å². The number of pyridine rings is 1. The molecule has 0 aliphatic carbocycles. The fourth-order valence-electron chi connectivity index (χ4n) is 5.14. The van der Waals surface area contributed by atoms with E-state index in [1.54, 1.807) is 43.6 Å². The van der Waals surface area contributed by atoms with Crippen molar-refractivity contribution in [1.82, 2.24) is 9.88 Å². The Morgan fingerprint density at radius 1 is 1.30 bits per heavy atom. The molecule has 4 rings (SSSR count). The molecule has 0 spiro atoms. The lowest BCUT2D eigenvalue weighted by atomic mass is 9.83. The molecule has 194 valence electrons. The fourth-order valence-corrected chi connectivity index (χ4v) is 5.30. The van der Waals surface area contributed by atoms with Crippen LogP contribution in [0.5, 0.6) is 5.75 Å². The van der Waals surface area contributed by atoms with Crippen molar-refractivity contribution in [2.75, 3.05) is 20.2 Å². The Balaban J connectivity index is 1.51. The average molecular weight is 527 g/mol. The maximum atomic E-state index is 15.6. The van der Waals surface area contributed by atoms with Crippen LogP contribution in [0.3, 0.4) is 0 Å². The third kappa shape index (κ3) is 6.76. The number of alkyl halides is 1. The van der Waals surface area contributed by atoms with Crippen molar-refractivity contribution in [2.45, 2.75) is 44.3 Å². The summed E-state index contributed by atoms with van der Waals surface area (Å²) >= 11 is 5.82. The molecule has 1 aliphatic rings. The van der Waals surface area contributed by atoms with E-state index in [0.717, 1.165) is 19.4 Å². The molecule has 3 aromatic rings. The molecule has 1 fully saturated rings. The van der Waals surface area contributed by atoms with Crippen molar-refractivity contribution in [2.24, 2.45) is 5.92 Å². The third-order valence-corrected chi connectivity index (χ3v) is 7.18. The van der Waals surface area contributed by atoms with E-state index in [1.807, 2.05) is 0 Å². The van der Waals surface area contributed by atoms with Crippen molar-refractivity contribution in [3.05, 3.63) is 70.6 Å². The van der Waals surface area contributed by atoms with Crippen molar-refractivity contribution in [1.29, 1.82) is 0 Å². The Kier molecular flexibility index (Phi) is 8.96. The smallest absolute Gasteiger partial charge is 0.303 e. The SMILES string of the molecule is COc1ccc2nccc(C(F)CCC3C(CC(=O)O)CCCN3CC#Cc3ccc(Cl)cc3F)c2c1. The second kappa shape index (κ2) is 12.4. The predicted molar refractivity (Wildman–Crippen MR) is 140 cm³/mol. The van der Waals surface area contributed by atoms with Crippen LogP contribution in [0.4, 0.5) is 8.78 Å². The Bertz CT molecular complexity index is 1320.